The zero-order chi connectivity index (χ0) is 24.6. The highest BCUT2D eigenvalue weighted by Crippen LogP contribution is 2.38. The van der Waals surface area contributed by atoms with Crippen LogP contribution in [-0.2, 0) is 22.1 Å². The number of hydrogen-bond donors (Lipinski definition) is 2. The zero-order valence-corrected chi connectivity index (χ0v) is 18.6. The molecule has 0 unspecified atom stereocenters. The lowest BCUT2D eigenvalue weighted by Crippen LogP contribution is -2.34. The number of halogens is 3. The van der Waals surface area contributed by atoms with Crippen LogP contribution in [0.2, 0.25) is 0 Å². The molecule has 0 heterocycles. The molecular weight excluding hydrogens is 451 g/mol. The molecule has 2 aromatic rings. The summed E-state index contributed by atoms with van der Waals surface area (Å²) in [5.41, 5.74) is -0.818. The summed E-state index contributed by atoms with van der Waals surface area (Å²) in [5.74, 6) is -0.168. The van der Waals surface area contributed by atoms with Crippen molar-refractivity contribution in [1.29, 1.82) is 0 Å². The van der Waals surface area contributed by atoms with Crippen molar-refractivity contribution in [2.75, 3.05) is 18.5 Å². The number of benzene rings is 2. The average Bonchev–Trinajstić information content (AvgIpc) is 2.81. The lowest BCUT2D eigenvalue weighted by Gasteiger charge is -2.29. The minimum absolute atomic E-state index is 0.0224. The van der Waals surface area contributed by atoms with Gasteiger partial charge in [-0.05, 0) is 56.2 Å². The van der Waals surface area contributed by atoms with Crippen LogP contribution in [0.15, 0.2) is 48.5 Å². The van der Waals surface area contributed by atoms with E-state index in [1.54, 1.807) is 0 Å². The number of ether oxygens (including phenoxy) is 1. The Hall–Kier alpha value is -3.14. The van der Waals surface area contributed by atoms with Gasteiger partial charge < -0.3 is 15.4 Å². The number of carbonyl (C=O) groups is 1. The van der Waals surface area contributed by atoms with Gasteiger partial charge in [-0.1, -0.05) is 30.3 Å². The molecule has 1 fully saturated rings. The second-order valence-electron chi connectivity index (χ2n) is 8.35. The van der Waals surface area contributed by atoms with Gasteiger partial charge in [0.2, 0.25) is 5.91 Å². The third-order valence-electron chi connectivity index (χ3n) is 5.80. The quantitative estimate of drug-likeness (QED) is 0.281. The number of nitro benzene ring substituents is 1. The topological polar surface area (TPSA) is 93.5 Å². The van der Waals surface area contributed by atoms with Crippen LogP contribution in [-0.4, -0.2) is 36.1 Å². The van der Waals surface area contributed by atoms with Crippen LogP contribution in [0.3, 0.4) is 0 Å². The van der Waals surface area contributed by atoms with E-state index in [4.69, 9.17) is 4.74 Å². The van der Waals surface area contributed by atoms with Crippen LogP contribution in [0, 0.1) is 10.1 Å². The zero-order valence-electron chi connectivity index (χ0n) is 18.6. The number of amides is 1. The van der Waals surface area contributed by atoms with Crippen molar-refractivity contribution >= 4 is 17.3 Å². The molecule has 0 aromatic heterocycles. The van der Waals surface area contributed by atoms with Crippen LogP contribution in [0.1, 0.15) is 43.2 Å². The van der Waals surface area contributed by atoms with Gasteiger partial charge in [0, 0.05) is 24.3 Å². The lowest BCUT2D eigenvalue weighted by molar-refractivity contribution is -0.388. The van der Waals surface area contributed by atoms with Crippen molar-refractivity contribution in [3.63, 3.8) is 0 Å². The maximum Gasteiger partial charge on any atom is 0.423 e. The molecule has 0 spiro atoms. The second-order valence-corrected chi connectivity index (χ2v) is 8.35. The normalized spacial score (nSPS) is 18.3. The number of nitro groups is 1. The van der Waals surface area contributed by atoms with Gasteiger partial charge in [-0.2, -0.15) is 13.2 Å². The smallest absolute Gasteiger partial charge is 0.382 e. The number of anilines is 1. The molecule has 10 heteroatoms. The minimum Gasteiger partial charge on any atom is -0.382 e. The number of alkyl halides is 3. The Labute approximate surface area is 195 Å². The van der Waals surface area contributed by atoms with E-state index < -0.39 is 22.4 Å². The molecule has 0 atom stereocenters. The molecule has 3 rings (SSSR count). The van der Waals surface area contributed by atoms with Crippen LogP contribution >= 0.6 is 0 Å². The molecule has 1 aliphatic rings. The summed E-state index contributed by atoms with van der Waals surface area (Å²) in [5, 5.41) is 16.8. The molecule has 34 heavy (non-hydrogen) atoms. The van der Waals surface area contributed by atoms with Crippen molar-refractivity contribution in [2.24, 2.45) is 0 Å². The largest absolute Gasteiger partial charge is 0.423 e. The Morgan fingerprint density at radius 2 is 1.79 bits per heavy atom. The molecule has 2 aromatic carbocycles. The van der Waals surface area contributed by atoms with Crippen molar-refractivity contribution in [3.8, 4) is 0 Å². The summed E-state index contributed by atoms with van der Waals surface area (Å²) in [6, 6.07) is 12.9. The fourth-order valence-corrected chi connectivity index (χ4v) is 4.03. The van der Waals surface area contributed by atoms with Crippen molar-refractivity contribution in [1.82, 2.24) is 5.32 Å². The molecule has 0 aliphatic heterocycles. The molecular formula is C24H28F3N3O4. The van der Waals surface area contributed by atoms with E-state index in [1.807, 2.05) is 30.3 Å². The van der Waals surface area contributed by atoms with Crippen LogP contribution < -0.4 is 10.6 Å². The Kier molecular flexibility index (Phi) is 8.86. The van der Waals surface area contributed by atoms with E-state index in [-0.39, 0.29) is 30.3 Å². The molecule has 184 valence electrons. The number of hydrogen-bond acceptors (Lipinski definition) is 5. The highest BCUT2D eigenvalue weighted by molar-refractivity contribution is 5.77. The van der Waals surface area contributed by atoms with Gasteiger partial charge >= 0.3 is 6.18 Å². The number of aryl methyl sites for hydroxylation is 1. The van der Waals surface area contributed by atoms with E-state index in [2.05, 4.69) is 10.6 Å². The van der Waals surface area contributed by atoms with Gasteiger partial charge in [-0.3, -0.25) is 14.9 Å². The molecule has 0 radical (unpaired) electrons. The maximum absolute atomic E-state index is 13.2. The summed E-state index contributed by atoms with van der Waals surface area (Å²) in [6.45, 7) is 0.550. The highest BCUT2D eigenvalue weighted by Gasteiger charge is 2.38. The third kappa shape index (κ3) is 7.72. The lowest BCUT2D eigenvalue weighted by atomic mass is 9.92. The number of rotatable bonds is 10. The molecule has 1 aliphatic carbocycles. The van der Waals surface area contributed by atoms with E-state index in [9.17, 15) is 28.1 Å². The molecule has 0 saturated heterocycles. The average molecular weight is 479 g/mol. The van der Waals surface area contributed by atoms with Crippen LogP contribution in [0.5, 0.6) is 0 Å². The van der Waals surface area contributed by atoms with Gasteiger partial charge in [0.05, 0.1) is 11.0 Å². The molecule has 0 bridgehead atoms. The first-order valence-electron chi connectivity index (χ1n) is 11.3. The van der Waals surface area contributed by atoms with Crippen LogP contribution in [0.25, 0.3) is 0 Å². The van der Waals surface area contributed by atoms with Gasteiger partial charge in [-0.15, -0.1) is 0 Å². The molecule has 1 saturated carbocycles. The van der Waals surface area contributed by atoms with E-state index in [0.29, 0.717) is 32.2 Å². The summed E-state index contributed by atoms with van der Waals surface area (Å²) >= 11 is 0. The molecule has 7 nitrogen and oxygen atoms in total. The first kappa shape index (κ1) is 25.5. The summed E-state index contributed by atoms with van der Waals surface area (Å²) in [4.78, 5) is 21.9. The minimum atomic E-state index is -4.81. The monoisotopic (exact) mass is 479 g/mol. The fourth-order valence-electron chi connectivity index (χ4n) is 4.03. The number of nitrogens with one attached hydrogen (secondary N) is 2. The second kappa shape index (κ2) is 11.8. The Bertz CT molecular complexity index is 962. The summed E-state index contributed by atoms with van der Waals surface area (Å²) < 4.78 is 45.2. The number of carbonyl (C=O) groups excluding carboxylic acids is 1. The first-order valence-corrected chi connectivity index (χ1v) is 11.3. The fraction of sp³-hybridized carbons (Fsp3) is 0.458. The predicted molar refractivity (Wildman–Crippen MR) is 121 cm³/mol. The molecule has 2 N–H and O–H groups in total. The Balaban J connectivity index is 1.37. The van der Waals surface area contributed by atoms with Gasteiger partial charge in [-0.25, -0.2) is 0 Å². The number of nitrogens with zero attached hydrogens (tertiary/aromatic N) is 1. The third-order valence-corrected chi connectivity index (χ3v) is 5.80. The van der Waals surface area contributed by atoms with Crippen LogP contribution in [0.4, 0.5) is 24.5 Å². The van der Waals surface area contributed by atoms with E-state index in [1.165, 1.54) is 11.6 Å². The summed E-state index contributed by atoms with van der Waals surface area (Å²) in [6.07, 6.45) is -0.535. The Morgan fingerprint density at radius 1 is 1.09 bits per heavy atom. The van der Waals surface area contributed by atoms with Crippen molar-refractivity contribution in [3.05, 3.63) is 69.8 Å². The first-order chi connectivity index (χ1) is 16.2. The maximum atomic E-state index is 13.2. The summed E-state index contributed by atoms with van der Waals surface area (Å²) in [7, 11) is 0. The highest BCUT2D eigenvalue weighted by atomic mass is 19.4. The Morgan fingerprint density at radius 3 is 2.44 bits per heavy atom. The van der Waals surface area contributed by atoms with E-state index >= 15 is 0 Å². The van der Waals surface area contributed by atoms with E-state index in [0.717, 1.165) is 25.0 Å². The van der Waals surface area contributed by atoms with Gasteiger partial charge in [0.1, 0.15) is 12.2 Å². The van der Waals surface area contributed by atoms with Crippen molar-refractivity contribution < 1.29 is 27.6 Å². The molecule has 1 amide bonds. The standard InChI is InChI=1S/C24H28F3N3O4/c25-24(26,27)21-15-19(10-13-22(21)30(32)33)29-18-8-11-20(12-9-18)34-16-23(31)28-14-4-7-17-5-2-1-3-6-17/h1-3,5-6,10,13,15,18,20,29H,4,7-9,11-12,14,16H2,(H,28,31). The van der Waals surface area contributed by atoms with Crippen molar-refractivity contribution in [2.45, 2.75) is 56.8 Å². The SMILES string of the molecule is O=C(COC1CCC(Nc2ccc([N+](=O)[O-])c(C(F)(F)F)c2)CC1)NCCCc1ccccc1. The van der Waals surface area contributed by atoms with Gasteiger partial charge in [0.25, 0.3) is 5.69 Å². The van der Waals surface area contributed by atoms with Gasteiger partial charge in [0.15, 0.2) is 0 Å². The predicted octanol–water partition coefficient (Wildman–Crippen LogP) is 5.10.